The van der Waals surface area contributed by atoms with Crippen LogP contribution in [0.3, 0.4) is 0 Å². The molecule has 0 spiro atoms. The summed E-state index contributed by atoms with van der Waals surface area (Å²) in [6.07, 6.45) is 0.463. The Morgan fingerprint density at radius 3 is 2.35 bits per heavy atom. The van der Waals surface area contributed by atoms with Gasteiger partial charge < -0.3 is 15.3 Å². The SMILES string of the molecule is O=C1CCC(N2Cc3cc(NC(=O)c4ccc5cc(C(=O)O)ccc5c4)ccc3C2=O)C(=O)N1. The lowest BCUT2D eigenvalue weighted by Crippen LogP contribution is -2.52. The number of fused-ring (bicyclic) bond motifs is 2. The van der Waals surface area contributed by atoms with Gasteiger partial charge >= 0.3 is 5.97 Å². The summed E-state index contributed by atoms with van der Waals surface area (Å²) in [7, 11) is 0. The molecule has 5 rings (SSSR count). The van der Waals surface area contributed by atoms with Gasteiger partial charge in [0.25, 0.3) is 11.8 Å². The van der Waals surface area contributed by atoms with E-state index in [1.165, 1.54) is 11.0 Å². The van der Waals surface area contributed by atoms with Crippen molar-refractivity contribution in [1.82, 2.24) is 10.2 Å². The number of benzene rings is 3. The molecule has 34 heavy (non-hydrogen) atoms. The van der Waals surface area contributed by atoms with Gasteiger partial charge in [-0.1, -0.05) is 12.1 Å². The van der Waals surface area contributed by atoms with Crippen molar-refractivity contribution in [3.8, 4) is 0 Å². The molecule has 2 heterocycles. The van der Waals surface area contributed by atoms with E-state index in [2.05, 4.69) is 10.6 Å². The predicted molar refractivity (Wildman–Crippen MR) is 121 cm³/mol. The van der Waals surface area contributed by atoms with E-state index in [9.17, 15) is 24.0 Å². The van der Waals surface area contributed by atoms with Crippen molar-refractivity contribution >= 4 is 46.1 Å². The first kappa shape index (κ1) is 21.3. The van der Waals surface area contributed by atoms with Crippen molar-refractivity contribution in [3.05, 3.63) is 76.9 Å². The van der Waals surface area contributed by atoms with E-state index in [-0.39, 0.29) is 42.7 Å². The van der Waals surface area contributed by atoms with Gasteiger partial charge in [-0.25, -0.2) is 4.79 Å². The molecule has 4 amide bonds. The van der Waals surface area contributed by atoms with Crippen molar-refractivity contribution < 1.29 is 29.1 Å². The monoisotopic (exact) mass is 457 g/mol. The van der Waals surface area contributed by atoms with E-state index >= 15 is 0 Å². The maximum atomic E-state index is 12.8. The van der Waals surface area contributed by atoms with Crippen LogP contribution in [0.4, 0.5) is 5.69 Å². The third-order valence-electron chi connectivity index (χ3n) is 6.13. The highest BCUT2D eigenvalue weighted by molar-refractivity contribution is 6.08. The normalized spacial score (nSPS) is 17.5. The Labute approximate surface area is 193 Å². The van der Waals surface area contributed by atoms with E-state index in [0.29, 0.717) is 27.8 Å². The molecular formula is C25H19N3O6. The van der Waals surface area contributed by atoms with E-state index in [1.54, 1.807) is 48.5 Å². The van der Waals surface area contributed by atoms with Gasteiger partial charge in [0, 0.05) is 29.8 Å². The molecule has 0 aromatic heterocycles. The lowest BCUT2D eigenvalue weighted by atomic mass is 10.0. The summed E-state index contributed by atoms with van der Waals surface area (Å²) in [5.74, 6) is -2.47. The quantitative estimate of drug-likeness (QED) is 0.516. The van der Waals surface area contributed by atoms with Gasteiger partial charge in [-0.05, 0) is 65.2 Å². The third kappa shape index (κ3) is 3.77. The molecular weight excluding hydrogens is 438 g/mol. The number of hydrogen-bond acceptors (Lipinski definition) is 5. The first-order valence-corrected chi connectivity index (χ1v) is 10.7. The van der Waals surface area contributed by atoms with Crippen molar-refractivity contribution in [1.29, 1.82) is 0 Å². The molecule has 1 fully saturated rings. The lowest BCUT2D eigenvalue weighted by molar-refractivity contribution is -0.136. The zero-order valence-corrected chi connectivity index (χ0v) is 17.8. The van der Waals surface area contributed by atoms with Gasteiger partial charge in [-0.15, -0.1) is 0 Å². The van der Waals surface area contributed by atoms with Crippen molar-refractivity contribution in [2.75, 3.05) is 5.32 Å². The Hall–Kier alpha value is -4.53. The second-order valence-electron chi connectivity index (χ2n) is 8.31. The Morgan fingerprint density at radius 2 is 1.65 bits per heavy atom. The average Bonchev–Trinajstić information content (AvgIpc) is 3.13. The van der Waals surface area contributed by atoms with Crippen molar-refractivity contribution in [2.24, 2.45) is 0 Å². The molecule has 0 aliphatic carbocycles. The van der Waals surface area contributed by atoms with Crippen LogP contribution in [-0.4, -0.2) is 45.6 Å². The van der Waals surface area contributed by atoms with Crippen LogP contribution in [0, 0.1) is 0 Å². The number of aromatic carboxylic acids is 1. The highest BCUT2D eigenvalue weighted by Crippen LogP contribution is 2.29. The number of rotatable bonds is 4. The fraction of sp³-hybridized carbons (Fsp3) is 0.160. The van der Waals surface area contributed by atoms with Crippen LogP contribution >= 0.6 is 0 Å². The number of carbonyl (C=O) groups is 5. The van der Waals surface area contributed by atoms with Crippen LogP contribution in [0.15, 0.2) is 54.6 Å². The molecule has 1 unspecified atom stereocenters. The standard InChI is InChI=1S/C25H19N3O6/c29-21-8-7-20(23(31)27-21)28-12-17-11-18(5-6-19(17)24(28)32)26-22(30)15-3-1-14-10-16(25(33)34)4-2-13(14)9-15/h1-6,9-11,20H,7-8,12H2,(H,26,30)(H,33,34)(H,27,29,31). The highest BCUT2D eigenvalue weighted by atomic mass is 16.4. The number of nitrogens with one attached hydrogen (secondary N) is 2. The molecule has 9 nitrogen and oxygen atoms in total. The largest absolute Gasteiger partial charge is 0.478 e. The summed E-state index contributed by atoms with van der Waals surface area (Å²) >= 11 is 0. The summed E-state index contributed by atoms with van der Waals surface area (Å²) in [4.78, 5) is 61.8. The number of hydrogen-bond donors (Lipinski definition) is 3. The molecule has 3 N–H and O–H groups in total. The summed E-state index contributed by atoms with van der Waals surface area (Å²) in [6.45, 7) is 0.214. The molecule has 2 aliphatic heterocycles. The smallest absolute Gasteiger partial charge is 0.335 e. The lowest BCUT2D eigenvalue weighted by Gasteiger charge is -2.29. The molecule has 2 aliphatic rings. The zero-order chi connectivity index (χ0) is 24.0. The van der Waals surface area contributed by atoms with E-state index in [4.69, 9.17) is 5.11 Å². The molecule has 1 atom stereocenters. The first-order chi connectivity index (χ1) is 16.3. The molecule has 0 saturated carbocycles. The van der Waals surface area contributed by atoms with Crippen molar-refractivity contribution in [2.45, 2.75) is 25.4 Å². The third-order valence-corrected chi connectivity index (χ3v) is 6.13. The Bertz CT molecular complexity index is 1410. The Kier molecular flexibility index (Phi) is 5.09. The maximum absolute atomic E-state index is 12.8. The van der Waals surface area contributed by atoms with Crippen LogP contribution in [0.5, 0.6) is 0 Å². The number of carboxylic acids is 1. The van der Waals surface area contributed by atoms with Crippen LogP contribution in [-0.2, 0) is 16.1 Å². The van der Waals surface area contributed by atoms with Gasteiger partial charge in [-0.2, -0.15) is 0 Å². The van der Waals surface area contributed by atoms with Gasteiger partial charge in [0.2, 0.25) is 11.8 Å². The molecule has 9 heteroatoms. The second kappa shape index (κ2) is 8.11. The minimum Gasteiger partial charge on any atom is -0.478 e. The Morgan fingerprint density at radius 1 is 0.941 bits per heavy atom. The minimum atomic E-state index is -1.02. The Balaban J connectivity index is 1.33. The number of imide groups is 1. The summed E-state index contributed by atoms with van der Waals surface area (Å²) in [6, 6.07) is 13.9. The summed E-state index contributed by atoms with van der Waals surface area (Å²) in [5, 5.41) is 15.7. The van der Waals surface area contributed by atoms with Gasteiger partial charge in [0.15, 0.2) is 0 Å². The van der Waals surface area contributed by atoms with E-state index in [0.717, 1.165) is 5.39 Å². The maximum Gasteiger partial charge on any atom is 0.335 e. The minimum absolute atomic E-state index is 0.170. The number of nitrogens with zero attached hydrogens (tertiary/aromatic N) is 1. The van der Waals surface area contributed by atoms with Gasteiger partial charge in [0.05, 0.1) is 5.56 Å². The number of carbonyl (C=O) groups excluding carboxylic acids is 4. The van der Waals surface area contributed by atoms with Crippen LogP contribution in [0.1, 0.15) is 49.5 Å². The predicted octanol–water partition coefficient (Wildman–Crippen LogP) is 2.55. The summed E-state index contributed by atoms with van der Waals surface area (Å²) in [5.41, 5.74) is 2.22. The molecule has 3 aromatic carbocycles. The summed E-state index contributed by atoms with van der Waals surface area (Å²) < 4.78 is 0. The zero-order valence-electron chi connectivity index (χ0n) is 17.8. The van der Waals surface area contributed by atoms with Crippen molar-refractivity contribution in [3.63, 3.8) is 0 Å². The molecule has 3 aromatic rings. The van der Waals surface area contributed by atoms with Crippen LogP contribution < -0.4 is 10.6 Å². The number of anilines is 1. The number of amides is 4. The first-order valence-electron chi connectivity index (χ1n) is 10.7. The number of carboxylic acid groups (broad SMARTS) is 1. The second-order valence-corrected chi connectivity index (χ2v) is 8.31. The van der Waals surface area contributed by atoms with Gasteiger partial charge in [0.1, 0.15) is 6.04 Å². The number of piperidine rings is 1. The fourth-order valence-corrected chi connectivity index (χ4v) is 4.38. The van der Waals surface area contributed by atoms with Crippen LogP contribution in [0.2, 0.25) is 0 Å². The van der Waals surface area contributed by atoms with E-state index < -0.39 is 17.9 Å². The average molecular weight is 457 g/mol. The molecule has 0 radical (unpaired) electrons. The fourth-order valence-electron chi connectivity index (χ4n) is 4.38. The highest BCUT2D eigenvalue weighted by Gasteiger charge is 2.39. The van der Waals surface area contributed by atoms with E-state index in [1.807, 2.05) is 0 Å². The molecule has 1 saturated heterocycles. The molecule has 0 bridgehead atoms. The van der Waals surface area contributed by atoms with Crippen LogP contribution in [0.25, 0.3) is 10.8 Å². The van der Waals surface area contributed by atoms with Gasteiger partial charge in [-0.3, -0.25) is 24.5 Å². The topological polar surface area (TPSA) is 133 Å². The molecule has 170 valence electrons.